The van der Waals surface area contributed by atoms with E-state index < -0.39 is 23.8 Å². The van der Waals surface area contributed by atoms with Crippen LogP contribution in [0.2, 0.25) is 0 Å². The molecule has 1 heterocycles. The number of aryl methyl sites for hydroxylation is 1. The fraction of sp³-hybridized carbons (Fsp3) is 0.261. The van der Waals surface area contributed by atoms with Crippen molar-refractivity contribution in [2.45, 2.75) is 32.4 Å². The molecule has 1 unspecified atom stereocenters. The molecule has 166 valence electrons. The van der Waals surface area contributed by atoms with Crippen LogP contribution in [0.4, 0.5) is 0 Å². The summed E-state index contributed by atoms with van der Waals surface area (Å²) in [5.74, 6) is -1.48. The number of primary amides is 1. The molecule has 1 aromatic heterocycles. The molecule has 0 saturated carbocycles. The summed E-state index contributed by atoms with van der Waals surface area (Å²) in [6, 6.07) is 13.6. The van der Waals surface area contributed by atoms with Crippen LogP contribution in [0.5, 0.6) is 0 Å². The number of hydrogen-bond acceptors (Lipinski definition) is 5. The van der Waals surface area contributed by atoms with E-state index in [1.54, 1.807) is 12.1 Å². The zero-order chi connectivity index (χ0) is 23.1. The van der Waals surface area contributed by atoms with Gasteiger partial charge in [-0.3, -0.25) is 23.7 Å². The van der Waals surface area contributed by atoms with Crippen molar-refractivity contribution in [2.24, 2.45) is 5.73 Å². The first-order valence-electron chi connectivity index (χ1n) is 10.2. The van der Waals surface area contributed by atoms with Gasteiger partial charge in [-0.25, -0.2) is 4.98 Å². The lowest BCUT2D eigenvalue weighted by Gasteiger charge is -2.19. The van der Waals surface area contributed by atoms with Crippen molar-refractivity contribution in [3.8, 4) is 0 Å². The third-order valence-electron chi connectivity index (χ3n) is 4.97. The summed E-state index contributed by atoms with van der Waals surface area (Å²) in [5, 5.41) is 5.72. The van der Waals surface area contributed by atoms with Gasteiger partial charge in [0, 0.05) is 19.4 Å². The van der Waals surface area contributed by atoms with Crippen molar-refractivity contribution in [3.63, 3.8) is 0 Å². The Bertz CT molecular complexity index is 1190. The second-order valence-electron chi connectivity index (χ2n) is 7.47. The number of para-hydroxylation sites is 1. The van der Waals surface area contributed by atoms with Gasteiger partial charge in [0.1, 0.15) is 12.6 Å². The van der Waals surface area contributed by atoms with Gasteiger partial charge in [-0.15, -0.1) is 0 Å². The molecule has 0 radical (unpaired) electrons. The zero-order valence-electron chi connectivity index (χ0n) is 17.7. The van der Waals surface area contributed by atoms with Gasteiger partial charge in [0.05, 0.1) is 17.2 Å². The van der Waals surface area contributed by atoms with Crippen LogP contribution in [-0.4, -0.2) is 39.9 Å². The van der Waals surface area contributed by atoms with Crippen LogP contribution in [0.1, 0.15) is 17.5 Å². The van der Waals surface area contributed by atoms with E-state index in [4.69, 9.17) is 5.73 Å². The number of carbonyl (C=O) groups is 3. The number of nitrogens with one attached hydrogen (secondary N) is 2. The summed E-state index contributed by atoms with van der Waals surface area (Å²) in [5.41, 5.74) is 7.08. The predicted octanol–water partition coefficient (Wildman–Crippen LogP) is 0.424. The summed E-state index contributed by atoms with van der Waals surface area (Å²) in [7, 11) is 0. The molecule has 3 aromatic rings. The highest BCUT2D eigenvalue weighted by molar-refractivity contribution is 5.88. The van der Waals surface area contributed by atoms with E-state index in [9.17, 15) is 19.2 Å². The Morgan fingerprint density at radius 3 is 2.56 bits per heavy atom. The molecule has 0 spiro atoms. The lowest BCUT2D eigenvalue weighted by Crippen LogP contribution is -2.49. The zero-order valence-corrected chi connectivity index (χ0v) is 17.7. The third kappa shape index (κ3) is 5.78. The standard InChI is InChI=1S/C23H25N5O4/c1-15-6-5-9-17-21(15)26-14-28(23(17)32)13-20(30)27-18(12-16-7-3-2-4-8-16)22(31)25-11-10-19(24)29/h2-9,14,18H,10-13H2,1H3,(H2,24,29)(H,25,31)(H,27,30). The number of hydrogen-bond donors (Lipinski definition) is 3. The van der Waals surface area contributed by atoms with Crippen LogP contribution < -0.4 is 21.9 Å². The van der Waals surface area contributed by atoms with Crippen LogP contribution in [-0.2, 0) is 27.3 Å². The van der Waals surface area contributed by atoms with Crippen LogP contribution >= 0.6 is 0 Å². The Morgan fingerprint density at radius 2 is 1.84 bits per heavy atom. The highest BCUT2D eigenvalue weighted by atomic mass is 16.2. The number of benzene rings is 2. The van der Waals surface area contributed by atoms with Crippen molar-refractivity contribution in [3.05, 3.63) is 76.3 Å². The summed E-state index contributed by atoms with van der Waals surface area (Å²) in [4.78, 5) is 53.3. The highest BCUT2D eigenvalue weighted by Crippen LogP contribution is 2.11. The van der Waals surface area contributed by atoms with E-state index in [0.717, 1.165) is 11.1 Å². The smallest absolute Gasteiger partial charge is 0.261 e. The molecule has 9 nitrogen and oxygen atoms in total. The summed E-state index contributed by atoms with van der Waals surface area (Å²) in [6.07, 6.45) is 1.57. The number of carbonyl (C=O) groups excluding carboxylic acids is 3. The van der Waals surface area contributed by atoms with Crippen LogP contribution in [0, 0.1) is 6.92 Å². The molecule has 3 amide bonds. The van der Waals surface area contributed by atoms with Gasteiger partial charge < -0.3 is 16.4 Å². The second kappa shape index (κ2) is 10.3. The molecule has 32 heavy (non-hydrogen) atoms. The molecule has 2 aromatic carbocycles. The molecule has 0 aliphatic carbocycles. The van der Waals surface area contributed by atoms with E-state index in [1.807, 2.05) is 43.3 Å². The topological polar surface area (TPSA) is 136 Å². The summed E-state index contributed by atoms with van der Waals surface area (Å²) >= 11 is 0. The van der Waals surface area contributed by atoms with Gasteiger partial charge >= 0.3 is 0 Å². The first-order valence-corrected chi connectivity index (χ1v) is 10.2. The molecule has 0 aliphatic heterocycles. The lowest BCUT2D eigenvalue weighted by atomic mass is 10.1. The number of fused-ring (bicyclic) bond motifs is 1. The number of nitrogens with zero attached hydrogens (tertiary/aromatic N) is 2. The summed E-state index contributed by atoms with van der Waals surface area (Å²) in [6.45, 7) is 1.65. The maximum absolute atomic E-state index is 12.8. The maximum Gasteiger partial charge on any atom is 0.261 e. The van der Waals surface area contributed by atoms with E-state index >= 15 is 0 Å². The minimum absolute atomic E-state index is 0.00465. The fourth-order valence-corrected chi connectivity index (χ4v) is 3.34. The first-order chi connectivity index (χ1) is 15.3. The number of nitrogens with two attached hydrogens (primary N) is 1. The minimum Gasteiger partial charge on any atom is -0.370 e. The van der Waals surface area contributed by atoms with E-state index in [2.05, 4.69) is 15.6 Å². The Hall–Kier alpha value is -4.01. The molecule has 0 bridgehead atoms. The van der Waals surface area contributed by atoms with Crippen molar-refractivity contribution < 1.29 is 14.4 Å². The highest BCUT2D eigenvalue weighted by Gasteiger charge is 2.22. The van der Waals surface area contributed by atoms with Crippen molar-refractivity contribution in [1.29, 1.82) is 0 Å². The molecular formula is C23H25N5O4. The number of rotatable bonds is 9. The Kier molecular flexibility index (Phi) is 7.33. The molecule has 3 rings (SSSR count). The fourth-order valence-electron chi connectivity index (χ4n) is 3.34. The van der Waals surface area contributed by atoms with Crippen LogP contribution in [0.3, 0.4) is 0 Å². The quantitative estimate of drug-likeness (QED) is 0.448. The molecule has 9 heteroatoms. The van der Waals surface area contributed by atoms with Crippen molar-refractivity contribution in [1.82, 2.24) is 20.2 Å². The van der Waals surface area contributed by atoms with Gasteiger partial charge in [-0.2, -0.15) is 0 Å². The largest absolute Gasteiger partial charge is 0.370 e. The molecule has 4 N–H and O–H groups in total. The molecule has 0 fully saturated rings. The molecule has 0 saturated heterocycles. The van der Waals surface area contributed by atoms with Crippen LogP contribution in [0.15, 0.2) is 59.7 Å². The Morgan fingerprint density at radius 1 is 1.09 bits per heavy atom. The van der Waals surface area contributed by atoms with Crippen molar-refractivity contribution in [2.75, 3.05) is 6.54 Å². The van der Waals surface area contributed by atoms with Gasteiger partial charge in [0.15, 0.2) is 0 Å². The monoisotopic (exact) mass is 435 g/mol. The first kappa shape index (κ1) is 22.7. The molecule has 1 atom stereocenters. The van der Waals surface area contributed by atoms with Gasteiger partial charge in [0.25, 0.3) is 5.56 Å². The normalized spacial score (nSPS) is 11.7. The summed E-state index contributed by atoms with van der Waals surface area (Å²) < 4.78 is 1.21. The number of amides is 3. The van der Waals surface area contributed by atoms with E-state index in [0.29, 0.717) is 10.9 Å². The lowest BCUT2D eigenvalue weighted by molar-refractivity contribution is -0.129. The maximum atomic E-state index is 12.8. The van der Waals surface area contributed by atoms with Crippen molar-refractivity contribution >= 4 is 28.6 Å². The van der Waals surface area contributed by atoms with Gasteiger partial charge in [0.2, 0.25) is 17.7 Å². The van der Waals surface area contributed by atoms with Gasteiger partial charge in [-0.05, 0) is 24.1 Å². The minimum atomic E-state index is -0.885. The van der Waals surface area contributed by atoms with E-state index in [1.165, 1.54) is 10.9 Å². The van der Waals surface area contributed by atoms with Crippen LogP contribution in [0.25, 0.3) is 10.9 Å². The SMILES string of the molecule is Cc1cccc2c(=O)n(CC(=O)NC(Cc3ccccc3)C(=O)NCCC(N)=O)cnc12. The third-order valence-corrected chi connectivity index (χ3v) is 4.97. The van der Waals surface area contributed by atoms with E-state index in [-0.39, 0.29) is 31.5 Å². The molecular weight excluding hydrogens is 410 g/mol. The second-order valence-corrected chi connectivity index (χ2v) is 7.47. The molecule has 0 aliphatic rings. The van der Waals surface area contributed by atoms with Gasteiger partial charge in [-0.1, -0.05) is 42.5 Å². The average Bonchev–Trinajstić information content (AvgIpc) is 2.76. The predicted molar refractivity (Wildman–Crippen MR) is 120 cm³/mol. The Labute approximate surface area is 184 Å². The average molecular weight is 435 g/mol. The number of aromatic nitrogens is 2. The Balaban J connectivity index is 1.74.